The maximum absolute atomic E-state index is 10.8. The minimum absolute atomic E-state index is 0.0294. The lowest BCUT2D eigenvalue weighted by Gasteiger charge is -2.18. The molecule has 1 aliphatic heterocycles. The second-order valence-electron chi connectivity index (χ2n) is 5.58. The number of nitro groups is 1. The highest BCUT2D eigenvalue weighted by Gasteiger charge is 2.25. The van der Waals surface area contributed by atoms with Crippen LogP contribution < -0.4 is 5.32 Å². The smallest absolute Gasteiger partial charge is 0.269 e. The zero-order chi connectivity index (χ0) is 16.0. The van der Waals surface area contributed by atoms with Gasteiger partial charge in [-0.3, -0.25) is 14.8 Å². The summed E-state index contributed by atoms with van der Waals surface area (Å²) < 4.78 is 3.98. The molecule has 23 heavy (non-hydrogen) atoms. The zero-order valence-electron chi connectivity index (χ0n) is 12.5. The van der Waals surface area contributed by atoms with Crippen molar-refractivity contribution in [3.8, 4) is 5.82 Å². The molecule has 7 heteroatoms. The Bertz CT molecular complexity index is 878. The van der Waals surface area contributed by atoms with E-state index in [-0.39, 0.29) is 16.7 Å². The van der Waals surface area contributed by atoms with Crippen molar-refractivity contribution in [3.05, 3.63) is 75.7 Å². The maximum Gasteiger partial charge on any atom is 0.269 e. The molecule has 4 rings (SSSR count). The first-order valence-electron chi connectivity index (χ1n) is 7.31. The molecule has 0 fully saturated rings. The number of nitrogens with zero attached hydrogens (tertiary/aromatic N) is 4. The van der Waals surface area contributed by atoms with E-state index in [1.807, 2.05) is 30.2 Å². The van der Waals surface area contributed by atoms with Gasteiger partial charge in [0.2, 0.25) is 0 Å². The Morgan fingerprint density at radius 1 is 1.30 bits per heavy atom. The molecule has 3 heterocycles. The Balaban J connectivity index is 1.79. The Hall–Kier alpha value is -2.93. The summed E-state index contributed by atoms with van der Waals surface area (Å²) in [5, 5.41) is 18.7. The van der Waals surface area contributed by atoms with Crippen LogP contribution in [0.15, 0.2) is 48.8 Å². The summed E-state index contributed by atoms with van der Waals surface area (Å²) in [6.07, 6.45) is 3.88. The van der Waals surface area contributed by atoms with Gasteiger partial charge in [-0.25, -0.2) is 0 Å². The van der Waals surface area contributed by atoms with Gasteiger partial charge in [0.05, 0.1) is 17.2 Å². The molecule has 1 aliphatic rings. The number of aryl methyl sites for hydroxylation is 1. The molecule has 1 unspecified atom stereocenters. The number of nitrogens with one attached hydrogen (secondary N) is 1. The fraction of sp³-hybridized carbons (Fsp3) is 0.188. The van der Waals surface area contributed by atoms with E-state index < -0.39 is 0 Å². The van der Waals surface area contributed by atoms with Crippen LogP contribution in [0.3, 0.4) is 0 Å². The molecule has 3 aromatic rings. The molecular weight excluding hydrogens is 294 g/mol. The van der Waals surface area contributed by atoms with Gasteiger partial charge in [-0.15, -0.1) is 0 Å². The minimum atomic E-state index is -0.380. The predicted molar refractivity (Wildman–Crippen MR) is 84.3 cm³/mol. The topological polar surface area (TPSA) is 77.9 Å². The molecule has 0 aliphatic carbocycles. The lowest BCUT2D eigenvalue weighted by molar-refractivity contribution is -0.384. The first kappa shape index (κ1) is 13.7. The molecule has 0 saturated carbocycles. The van der Waals surface area contributed by atoms with E-state index in [0.717, 1.165) is 22.6 Å². The van der Waals surface area contributed by atoms with Crippen molar-refractivity contribution in [1.82, 2.24) is 19.7 Å². The van der Waals surface area contributed by atoms with E-state index in [1.54, 1.807) is 24.3 Å². The summed E-state index contributed by atoms with van der Waals surface area (Å²) in [4.78, 5) is 10.4. The second-order valence-corrected chi connectivity index (χ2v) is 5.58. The van der Waals surface area contributed by atoms with Gasteiger partial charge in [0.1, 0.15) is 5.82 Å². The van der Waals surface area contributed by atoms with Gasteiger partial charge in [0.15, 0.2) is 0 Å². The van der Waals surface area contributed by atoms with E-state index in [0.29, 0.717) is 6.54 Å². The number of hydrogen-bond donors (Lipinski definition) is 1. The van der Waals surface area contributed by atoms with Crippen molar-refractivity contribution in [1.29, 1.82) is 0 Å². The SMILES string of the molecule is Cn1ncc2c1-n1cccc1C(c1ccc([N+](=O)[O-])cc1)NC2. The molecule has 0 bridgehead atoms. The fourth-order valence-corrected chi connectivity index (χ4v) is 3.13. The number of non-ortho nitro benzene ring substituents is 1. The highest BCUT2D eigenvalue weighted by Crippen LogP contribution is 2.30. The van der Waals surface area contributed by atoms with Gasteiger partial charge in [0, 0.05) is 43.2 Å². The van der Waals surface area contributed by atoms with Crippen LogP contribution in [0.4, 0.5) is 5.69 Å². The number of benzene rings is 1. The Morgan fingerprint density at radius 3 is 2.83 bits per heavy atom. The number of rotatable bonds is 2. The Kier molecular flexibility index (Phi) is 3.02. The molecule has 1 atom stereocenters. The molecule has 0 saturated heterocycles. The van der Waals surface area contributed by atoms with Crippen LogP contribution in [0.5, 0.6) is 0 Å². The first-order valence-corrected chi connectivity index (χ1v) is 7.31. The highest BCUT2D eigenvalue weighted by molar-refractivity contribution is 5.43. The summed E-state index contributed by atoms with van der Waals surface area (Å²) >= 11 is 0. The summed E-state index contributed by atoms with van der Waals surface area (Å²) in [6, 6.07) is 10.7. The maximum atomic E-state index is 10.8. The van der Waals surface area contributed by atoms with Gasteiger partial charge in [-0.05, 0) is 17.7 Å². The van der Waals surface area contributed by atoms with E-state index in [2.05, 4.69) is 21.0 Å². The summed E-state index contributed by atoms with van der Waals surface area (Å²) in [5.74, 6) is 1.04. The van der Waals surface area contributed by atoms with Crippen LogP contribution in [-0.4, -0.2) is 19.3 Å². The molecular formula is C16H15N5O2. The van der Waals surface area contributed by atoms with E-state index in [4.69, 9.17) is 0 Å². The minimum Gasteiger partial charge on any atom is -0.304 e. The number of aromatic nitrogens is 3. The molecule has 0 spiro atoms. The predicted octanol–water partition coefficient (Wildman–Crippen LogP) is 2.31. The average Bonchev–Trinajstić information content (AvgIpc) is 3.11. The van der Waals surface area contributed by atoms with Crippen molar-refractivity contribution in [2.45, 2.75) is 12.6 Å². The molecule has 1 aromatic carbocycles. The molecule has 2 aromatic heterocycles. The van der Waals surface area contributed by atoms with Crippen molar-refractivity contribution in [3.63, 3.8) is 0 Å². The van der Waals surface area contributed by atoms with Crippen molar-refractivity contribution in [2.24, 2.45) is 7.05 Å². The summed E-state index contributed by atoms with van der Waals surface area (Å²) in [5.41, 5.74) is 3.30. The molecule has 1 N–H and O–H groups in total. The third-order valence-corrected chi connectivity index (χ3v) is 4.22. The van der Waals surface area contributed by atoms with Crippen molar-refractivity contribution < 1.29 is 4.92 Å². The van der Waals surface area contributed by atoms with Crippen LogP contribution in [0.2, 0.25) is 0 Å². The van der Waals surface area contributed by atoms with E-state index >= 15 is 0 Å². The lowest BCUT2D eigenvalue weighted by atomic mass is 10.0. The van der Waals surface area contributed by atoms with Crippen molar-refractivity contribution >= 4 is 5.69 Å². The second kappa shape index (κ2) is 5.06. The standard InChI is InChI=1S/C16H15N5O2/c1-19-16-12(10-18-19)9-17-15(14-3-2-8-20(14)16)11-4-6-13(7-5-11)21(22)23/h2-8,10,15,17H,9H2,1H3. The average molecular weight is 309 g/mol. The van der Waals surface area contributed by atoms with Crippen LogP contribution in [-0.2, 0) is 13.6 Å². The van der Waals surface area contributed by atoms with Gasteiger partial charge in [0.25, 0.3) is 5.69 Å². The summed E-state index contributed by atoms with van der Waals surface area (Å²) in [6.45, 7) is 0.687. The molecule has 0 amide bonds. The largest absolute Gasteiger partial charge is 0.304 e. The lowest BCUT2D eigenvalue weighted by Crippen LogP contribution is -2.21. The van der Waals surface area contributed by atoms with Gasteiger partial charge >= 0.3 is 0 Å². The fourth-order valence-electron chi connectivity index (χ4n) is 3.13. The van der Waals surface area contributed by atoms with Gasteiger partial charge < -0.3 is 9.88 Å². The van der Waals surface area contributed by atoms with Gasteiger partial charge in [-0.1, -0.05) is 12.1 Å². The normalized spacial score (nSPS) is 16.5. The van der Waals surface area contributed by atoms with E-state index in [9.17, 15) is 10.1 Å². The molecule has 116 valence electrons. The Morgan fingerprint density at radius 2 is 2.09 bits per heavy atom. The number of fused-ring (bicyclic) bond motifs is 3. The highest BCUT2D eigenvalue weighted by atomic mass is 16.6. The van der Waals surface area contributed by atoms with Gasteiger partial charge in [-0.2, -0.15) is 5.10 Å². The number of nitro benzene ring substituents is 1. The number of hydrogen-bond acceptors (Lipinski definition) is 4. The van der Waals surface area contributed by atoms with Crippen molar-refractivity contribution in [2.75, 3.05) is 0 Å². The van der Waals surface area contributed by atoms with Crippen LogP contribution >= 0.6 is 0 Å². The zero-order valence-corrected chi connectivity index (χ0v) is 12.5. The van der Waals surface area contributed by atoms with Crippen LogP contribution in [0.25, 0.3) is 5.82 Å². The van der Waals surface area contributed by atoms with E-state index in [1.165, 1.54) is 0 Å². The third kappa shape index (κ3) is 2.13. The quantitative estimate of drug-likeness (QED) is 0.582. The van der Waals surface area contributed by atoms with Crippen LogP contribution in [0.1, 0.15) is 22.9 Å². The molecule has 0 radical (unpaired) electrons. The monoisotopic (exact) mass is 309 g/mol. The molecule has 7 nitrogen and oxygen atoms in total. The van der Waals surface area contributed by atoms with Crippen LogP contribution in [0, 0.1) is 10.1 Å². The Labute approximate surface area is 132 Å². The summed E-state index contributed by atoms with van der Waals surface area (Å²) in [7, 11) is 1.93. The third-order valence-electron chi connectivity index (χ3n) is 4.22. The first-order chi connectivity index (χ1) is 11.1.